The van der Waals surface area contributed by atoms with Gasteiger partial charge in [-0.2, -0.15) is 0 Å². The van der Waals surface area contributed by atoms with Crippen LogP contribution in [0, 0.1) is 0 Å². The fraction of sp³-hybridized carbons (Fsp3) is 0.118. The first-order chi connectivity index (χ1) is 12.4. The Bertz CT molecular complexity index is 1010. The van der Waals surface area contributed by atoms with Crippen molar-refractivity contribution in [1.29, 1.82) is 0 Å². The summed E-state index contributed by atoms with van der Waals surface area (Å²) in [7, 11) is -0.629. The first-order valence-corrected chi connectivity index (χ1v) is 9.02. The van der Waals surface area contributed by atoms with E-state index >= 15 is 0 Å². The Hall–Kier alpha value is -3.04. The van der Waals surface area contributed by atoms with Gasteiger partial charge in [0, 0.05) is 30.9 Å². The van der Waals surface area contributed by atoms with Crippen LogP contribution in [0.5, 0.6) is 0 Å². The quantitative estimate of drug-likeness (QED) is 0.736. The summed E-state index contributed by atoms with van der Waals surface area (Å²) in [6.45, 7) is 0. The van der Waals surface area contributed by atoms with Crippen LogP contribution in [0.4, 0.5) is 5.69 Å². The third-order valence-electron chi connectivity index (χ3n) is 3.62. The van der Waals surface area contributed by atoms with Crippen LogP contribution in [0.15, 0.2) is 64.2 Å². The van der Waals surface area contributed by atoms with Gasteiger partial charge in [-0.15, -0.1) is 10.2 Å². The van der Waals surface area contributed by atoms with Gasteiger partial charge in [-0.25, -0.2) is 12.7 Å². The first kappa shape index (κ1) is 17.8. The van der Waals surface area contributed by atoms with Crippen LogP contribution in [-0.2, 0) is 10.0 Å². The molecule has 9 heteroatoms. The van der Waals surface area contributed by atoms with E-state index in [2.05, 4.69) is 15.5 Å². The molecule has 0 saturated heterocycles. The molecule has 134 valence electrons. The van der Waals surface area contributed by atoms with Gasteiger partial charge in [-0.1, -0.05) is 6.07 Å². The van der Waals surface area contributed by atoms with Crippen molar-refractivity contribution in [1.82, 2.24) is 14.5 Å². The Kier molecular flexibility index (Phi) is 4.83. The predicted molar refractivity (Wildman–Crippen MR) is 95.0 cm³/mol. The molecule has 3 rings (SSSR count). The lowest BCUT2D eigenvalue weighted by Crippen LogP contribution is -2.22. The highest BCUT2D eigenvalue weighted by Gasteiger charge is 2.17. The molecule has 1 aromatic heterocycles. The van der Waals surface area contributed by atoms with E-state index in [4.69, 9.17) is 4.42 Å². The molecule has 0 unspecified atom stereocenters. The van der Waals surface area contributed by atoms with Crippen molar-refractivity contribution in [2.75, 3.05) is 19.4 Å². The Labute approximate surface area is 150 Å². The number of amides is 1. The van der Waals surface area contributed by atoms with Gasteiger partial charge in [0.05, 0.1) is 4.90 Å². The van der Waals surface area contributed by atoms with E-state index in [9.17, 15) is 13.2 Å². The minimum absolute atomic E-state index is 0.123. The number of rotatable bonds is 5. The predicted octanol–water partition coefficient (Wildman–Crippen LogP) is 2.24. The molecule has 0 aliphatic rings. The Morgan fingerprint density at radius 3 is 2.46 bits per heavy atom. The number of carbonyl (C=O) groups is 1. The average Bonchev–Trinajstić information content (AvgIpc) is 3.16. The van der Waals surface area contributed by atoms with Crippen molar-refractivity contribution in [3.63, 3.8) is 0 Å². The highest BCUT2D eigenvalue weighted by Crippen LogP contribution is 2.21. The minimum atomic E-state index is -3.53. The molecule has 0 aliphatic carbocycles. The zero-order valence-electron chi connectivity index (χ0n) is 14.1. The standard InChI is InChI=1S/C17H16N4O4S/c1-21(2)26(23,24)15-8-6-12(7-9-15)16(22)19-14-5-3-4-13(10-14)17-20-18-11-25-17/h3-11H,1-2H3,(H,19,22). The largest absolute Gasteiger partial charge is 0.423 e. The third kappa shape index (κ3) is 3.63. The SMILES string of the molecule is CN(C)S(=O)(=O)c1ccc(C(=O)Nc2cccc(-c3nnco3)c2)cc1. The van der Waals surface area contributed by atoms with Crippen molar-refractivity contribution >= 4 is 21.6 Å². The summed E-state index contributed by atoms with van der Waals surface area (Å²) in [5.74, 6) is -0.0131. The molecule has 3 aromatic rings. The van der Waals surface area contributed by atoms with E-state index in [1.807, 2.05) is 0 Å². The molecule has 2 aromatic carbocycles. The van der Waals surface area contributed by atoms with Crippen molar-refractivity contribution in [3.8, 4) is 11.5 Å². The number of anilines is 1. The monoisotopic (exact) mass is 372 g/mol. The van der Waals surface area contributed by atoms with E-state index in [0.717, 1.165) is 4.31 Å². The number of nitrogens with one attached hydrogen (secondary N) is 1. The number of hydrogen-bond donors (Lipinski definition) is 1. The van der Waals surface area contributed by atoms with Gasteiger partial charge in [-0.05, 0) is 42.5 Å². The van der Waals surface area contributed by atoms with Crippen LogP contribution in [-0.4, -0.2) is 42.9 Å². The molecule has 1 N–H and O–H groups in total. The van der Waals surface area contributed by atoms with Crippen molar-refractivity contribution in [2.45, 2.75) is 4.90 Å². The van der Waals surface area contributed by atoms with E-state index < -0.39 is 10.0 Å². The molecule has 0 aliphatic heterocycles. The fourth-order valence-electron chi connectivity index (χ4n) is 2.22. The van der Waals surface area contributed by atoms with Gasteiger partial charge < -0.3 is 9.73 Å². The number of carbonyl (C=O) groups excluding carboxylic acids is 1. The minimum Gasteiger partial charge on any atom is -0.423 e. The van der Waals surface area contributed by atoms with Crippen LogP contribution in [0.1, 0.15) is 10.4 Å². The normalized spacial score (nSPS) is 11.5. The van der Waals surface area contributed by atoms with Crippen molar-refractivity contribution in [3.05, 3.63) is 60.5 Å². The van der Waals surface area contributed by atoms with Crippen LogP contribution >= 0.6 is 0 Å². The summed E-state index contributed by atoms with van der Waals surface area (Å²) in [5.41, 5.74) is 1.56. The second kappa shape index (κ2) is 7.06. The van der Waals surface area contributed by atoms with Crippen LogP contribution in [0.2, 0.25) is 0 Å². The lowest BCUT2D eigenvalue weighted by atomic mass is 10.1. The lowest BCUT2D eigenvalue weighted by Gasteiger charge is -2.11. The van der Waals surface area contributed by atoms with E-state index in [1.165, 1.54) is 44.8 Å². The van der Waals surface area contributed by atoms with Gasteiger partial charge in [-0.3, -0.25) is 4.79 Å². The van der Waals surface area contributed by atoms with Gasteiger partial charge >= 0.3 is 0 Å². The highest BCUT2D eigenvalue weighted by atomic mass is 32.2. The number of nitrogens with zero attached hydrogens (tertiary/aromatic N) is 3. The molecule has 26 heavy (non-hydrogen) atoms. The topological polar surface area (TPSA) is 105 Å². The maximum absolute atomic E-state index is 12.4. The molecule has 0 atom stereocenters. The molecule has 1 heterocycles. The number of benzene rings is 2. The van der Waals surface area contributed by atoms with E-state index in [0.29, 0.717) is 22.7 Å². The van der Waals surface area contributed by atoms with Crippen molar-refractivity contribution < 1.29 is 17.6 Å². The molecule has 0 spiro atoms. The molecule has 0 bridgehead atoms. The summed E-state index contributed by atoms with van der Waals surface area (Å²) < 4.78 is 30.4. The third-order valence-corrected chi connectivity index (χ3v) is 5.45. The van der Waals surface area contributed by atoms with Crippen LogP contribution in [0.25, 0.3) is 11.5 Å². The first-order valence-electron chi connectivity index (χ1n) is 7.58. The Morgan fingerprint density at radius 1 is 1.12 bits per heavy atom. The summed E-state index contributed by atoms with van der Waals surface area (Å²) >= 11 is 0. The van der Waals surface area contributed by atoms with E-state index in [-0.39, 0.29) is 10.8 Å². The molecule has 1 amide bonds. The zero-order chi connectivity index (χ0) is 18.7. The Balaban J connectivity index is 1.78. The van der Waals surface area contributed by atoms with Crippen LogP contribution < -0.4 is 5.32 Å². The molecular weight excluding hydrogens is 356 g/mol. The highest BCUT2D eigenvalue weighted by molar-refractivity contribution is 7.89. The zero-order valence-corrected chi connectivity index (χ0v) is 14.9. The van der Waals surface area contributed by atoms with Gasteiger partial charge in [0.25, 0.3) is 5.91 Å². The molecular formula is C17H16N4O4S. The summed E-state index contributed by atoms with van der Waals surface area (Å²) in [5, 5.41) is 10.2. The number of hydrogen-bond acceptors (Lipinski definition) is 6. The smallest absolute Gasteiger partial charge is 0.255 e. The molecule has 0 radical (unpaired) electrons. The maximum atomic E-state index is 12.4. The molecule has 0 saturated carbocycles. The maximum Gasteiger partial charge on any atom is 0.255 e. The van der Waals surface area contributed by atoms with Gasteiger partial charge in [0.2, 0.25) is 22.3 Å². The van der Waals surface area contributed by atoms with E-state index in [1.54, 1.807) is 24.3 Å². The lowest BCUT2D eigenvalue weighted by molar-refractivity contribution is 0.102. The van der Waals surface area contributed by atoms with Gasteiger partial charge in [0.1, 0.15) is 0 Å². The second-order valence-corrected chi connectivity index (χ2v) is 7.74. The summed E-state index contributed by atoms with van der Waals surface area (Å²) in [6, 6.07) is 12.7. The van der Waals surface area contributed by atoms with Crippen LogP contribution in [0.3, 0.4) is 0 Å². The Morgan fingerprint density at radius 2 is 1.85 bits per heavy atom. The van der Waals surface area contributed by atoms with Crippen molar-refractivity contribution in [2.24, 2.45) is 0 Å². The van der Waals surface area contributed by atoms with Gasteiger partial charge in [0.15, 0.2) is 0 Å². The fourth-order valence-corrected chi connectivity index (χ4v) is 3.12. The number of aromatic nitrogens is 2. The number of sulfonamides is 1. The molecule has 8 nitrogen and oxygen atoms in total. The molecule has 0 fully saturated rings. The summed E-state index contributed by atoms with van der Waals surface area (Å²) in [6.07, 6.45) is 1.23. The summed E-state index contributed by atoms with van der Waals surface area (Å²) in [4.78, 5) is 12.5. The average molecular weight is 372 g/mol. The second-order valence-electron chi connectivity index (χ2n) is 5.59.